The highest BCUT2D eigenvalue weighted by molar-refractivity contribution is 6.29. The summed E-state index contributed by atoms with van der Waals surface area (Å²) in [4.78, 5) is 3.38. The predicted molar refractivity (Wildman–Crippen MR) is 33.7 cm³/mol. The molecule has 0 unspecified atom stereocenters. The van der Waals surface area contributed by atoms with Gasteiger partial charge in [0.1, 0.15) is 5.16 Å². The van der Waals surface area contributed by atoms with Gasteiger partial charge in [-0.25, -0.2) is 0 Å². The smallest absolute Gasteiger partial charge is 0.128 e. The molecule has 0 aromatic rings. The first-order valence-electron chi connectivity index (χ1n) is 1.76. The van der Waals surface area contributed by atoms with Crippen molar-refractivity contribution in [3.8, 4) is 0 Å². The Bertz CT molecular complexity index is 105. The Kier molecular flexibility index (Phi) is 3.33. The van der Waals surface area contributed by atoms with Gasteiger partial charge in [0, 0.05) is 0 Å². The molecule has 1 nitrogen and oxygen atoms in total. The molecular weight excluding hydrogens is 110 g/mol. The van der Waals surface area contributed by atoms with Gasteiger partial charge in [0.15, 0.2) is 0 Å². The molecule has 0 saturated carbocycles. The third-order valence-corrected chi connectivity index (χ3v) is 0.652. The first-order valence-corrected chi connectivity index (χ1v) is 2.14. The Hall–Kier alpha value is -0.560. The second-order valence-corrected chi connectivity index (χ2v) is 1.27. The minimum Gasteiger partial charge on any atom is -0.252 e. The summed E-state index contributed by atoms with van der Waals surface area (Å²) >= 11 is 5.33. The maximum absolute atomic E-state index is 5.33. The molecule has 0 atom stereocenters. The Morgan fingerprint density at radius 2 is 2.29 bits per heavy atom. The normalized spacial score (nSPS) is 10.7. The minimum atomic E-state index is 0.370. The van der Waals surface area contributed by atoms with Crippen molar-refractivity contribution >= 4 is 18.3 Å². The molecule has 0 heterocycles. The monoisotopic (exact) mass is 115 g/mol. The van der Waals surface area contributed by atoms with E-state index in [0.717, 1.165) is 0 Å². The number of halogens is 1. The van der Waals surface area contributed by atoms with Crippen LogP contribution in [0.25, 0.3) is 0 Å². The van der Waals surface area contributed by atoms with Gasteiger partial charge in [-0.05, 0) is 12.8 Å². The highest BCUT2D eigenvalue weighted by Gasteiger charge is 1.73. The average Bonchev–Trinajstić information content (AvgIpc) is 1.68. The van der Waals surface area contributed by atoms with E-state index in [9.17, 15) is 0 Å². The summed E-state index contributed by atoms with van der Waals surface area (Å²) in [6.45, 7) is 6.58. The largest absolute Gasteiger partial charge is 0.252 e. The van der Waals surface area contributed by atoms with Crippen molar-refractivity contribution in [3.05, 3.63) is 23.9 Å². The summed E-state index contributed by atoms with van der Waals surface area (Å²) < 4.78 is 0. The second-order valence-electron chi connectivity index (χ2n) is 0.883. The zero-order valence-electron chi connectivity index (χ0n) is 3.89. The van der Waals surface area contributed by atoms with E-state index in [-0.39, 0.29) is 0 Å². The van der Waals surface area contributed by atoms with Crippen molar-refractivity contribution in [1.82, 2.24) is 0 Å². The molecule has 0 radical (unpaired) electrons. The second kappa shape index (κ2) is 3.62. The Balaban J connectivity index is 3.72. The van der Waals surface area contributed by atoms with E-state index < -0.39 is 0 Å². The number of aliphatic imine (C=N–C) groups is 1. The van der Waals surface area contributed by atoms with Crippen LogP contribution < -0.4 is 0 Å². The Morgan fingerprint density at radius 1 is 1.71 bits per heavy atom. The lowest BCUT2D eigenvalue weighted by molar-refractivity contribution is 1.55. The summed E-state index contributed by atoms with van der Waals surface area (Å²) in [5.74, 6) is 0. The molecule has 0 rings (SSSR count). The molecule has 0 spiro atoms. The SMILES string of the molecule is C=C/C=C(/Cl)N=C. The summed E-state index contributed by atoms with van der Waals surface area (Å²) in [5.41, 5.74) is 0. The van der Waals surface area contributed by atoms with Crippen LogP contribution >= 0.6 is 11.6 Å². The van der Waals surface area contributed by atoms with Crippen molar-refractivity contribution < 1.29 is 0 Å². The lowest BCUT2D eigenvalue weighted by Gasteiger charge is -1.76. The van der Waals surface area contributed by atoms with Gasteiger partial charge in [0.05, 0.1) is 0 Å². The van der Waals surface area contributed by atoms with E-state index in [1.807, 2.05) is 0 Å². The van der Waals surface area contributed by atoms with Crippen molar-refractivity contribution in [2.75, 3.05) is 0 Å². The van der Waals surface area contributed by atoms with Gasteiger partial charge in [0.2, 0.25) is 0 Å². The first kappa shape index (κ1) is 6.44. The molecule has 0 aliphatic carbocycles. The van der Waals surface area contributed by atoms with Gasteiger partial charge in [-0.15, -0.1) is 0 Å². The standard InChI is InChI=1S/C5H6ClN/c1-3-4-5(6)7-2/h3-4H,1-2H2/b5-4-. The molecule has 0 aromatic carbocycles. The van der Waals surface area contributed by atoms with Crippen LogP contribution in [-0.4, -0.2) is 6.72 Å². The van der Waals surface area contributed by atoms with Gasteiger partial charge in [-0.2, -0.15) is 0 Å². The van der Waals surface area contributed by atoms with E-state index in [1.54, 1.807) is 12.2 Å². The van der Waals surface area contributed by atoms with Gasteiger partial charge < -0.3 is 0 Å². The van der Waals surface area contributed by atoms with Crippen molar-refractivity contribution in [2.24, 2.45) is 4.99 Å². The molecule has 0 aliphatic heterocycles. The highest BCUT2D eigenvalue weighted by Crippen LogP contribution is 1.99. The van der Waals surface area contributed by atoms with Crippen LogP contribution in [0.4, 0.5) is 0 Å². The van der Waals surface area contributed by atoms with Crippen LogP contribution in [0, 0.1) is 0 Å². The summed E-state index contributed by atoms with van der Waals surface area (Å²) in [6.07, 6.45) is 3.12. The lowest BCUT2D eigenvalue weighted by Crippen LogP contribution is -1.55. The summed E-state index contributed by atoms with van der Waals surface area (Å²) in [5, 5.41) is 0.370. The van der Waals surface area contributed by atoms with Crippen LogP contribution in [0.5, 0.6) is 0 Å². The minimum absolute atomic E-state index is 0.370. The van der Waals surface area contributed by atoms with Crippen LogP contribution in [0.15, 0.2) is 28.9 Å². The molecule has 0 N–H and O–H groups in total. The highest BCUT2D eigenvalue weighted by atomic mass is 35.5. The Labute approximate surface area is 48.0 Å². The van der Waals surface area contributed by atoms with Crippen molar-refractivity contribution in [1.29, 1.82) is 0 Å². The van der Waals surface area contributed by atoms with E-state index >= 15 is 0 Å². The molecule has 0 aliphatic rings. The molecular formula is C5H6ClN. The maximum Gasteiger partial charge on any atom is 0.128 e. The summed E-state index contributed by atoms with van der Waals surface area (Å²) in [7, 11) is 0. The quantitative estimate of drug-likeness (QED) is 0.296. The van der Waals surface area contributed by atoms with E-state index in [0.29, 0.717) is 5.16 Å². The van der Waals surface area contributed by atoms with E-state index in [4.69, 9.17) is 11.6 Å². The van der Waals surface area contributed by atoms with Crippen molar-refractivity contribution in [2.45, 2.75) is 0 Å². The van der Waals surface area contributed by atoms with E-state index in [2.05, 4.69) is 18.3 Å². The number of allylic oxidation sites excluding steroid dienone is 2. The fourth-order valence-electron chi connectivity index (χ4n) is 0.150. The van der Waals surface area contributed by atoms with Gasteiger partial charge >= 0.3 is 0 Å². The molecule has 0 saturated heterocycles. The van der Waals surface area contributed by atoms with Crippen molar-refractivity contribution in [3.63, 3.8) is 0 Å². The lowest BCUT2D eigenvalue weighted by atomic mass is 10.6. The molecule has 0 aromatic heterocycles. The third kappa shape index (κ3) is 3.27. The summed E-state index contributed by atoms with van der Waals surface area (Å²) in [6, 6.07) is 0. The average molecular weight is 116 g/mol. The predicted octanol–water partition coefficient (Wildman–Crippen LogP) is 1.95. The topological polar surface area (TPSA) is 12.4 Å². The number of rotatable bonds is 2. The zero-order chi connectivity index (χ0) is 5.70. The number of hydrogen-bond donors (Lipinski definition) is 0. The fourth-order valence-corrected chi connectivity index (χ4v) is 0.239. The molecule has 2 heteroatoms. The molecule has 7 heavy (non-hydrogen) atoms. The third-order valence-electron chi connectivity index (χ3n) is 0.406. The number of hydrogen-bond acceptors (Lipinski definition) is 1. The maximum atomic E-state index is 5.33. The van der Waals surface area contributed by atoms with Crippen LogP contribution in [0.1, 0.15) is 0 Å². The molecule has 38 valence electrons. The van der Waals surface area contributed by atoms with Gasteiger partial charge in [-0.1, -0.05) is 24.3 Å². The molecule has 0 fully saturated rings. The van der Waals surface area contributed by atoms with E-state index in [1.165, 1.54) is 0 Å². The number of nitrogens with zero attached hydrogens (tertiary/aromatic N) is 1. The first-order chi connectivity index (χ1) is 3.31. The van der Waals surface area contributed by atoms with Crippen LogP contribution in [0.3, 0.4) is 0 Å². The van der Waals surface area contributed by atoms with Gasteiger partial charge in [0.25, 0.3) is 0 Å². The Morgan fingerprint density at radius 3 is 2.43 bits per heavy atom. The van der Waals surface area contributed by atoms with Gasteiger partial charge in [-0.3, -0.25) is 4.99 Å². The zero-order valence-corrected chi connectivity index (χ0v) is 4.65. The fraction of sp³-hybridized carbons (Fsp3) is 0. The van der Waals surface area contributed by atoms with Crippen LogP contribution in [-0.2, 0) is 0 Å². The van der Waals surface area contributed by atoms with Crippen LogP contribution in [0.2, 0.25) is 0 Å². The molecule has 0 amide bonds. The molecule has 0 bridgehead atoms.